The number of hydrogen-bond donors (Lipinski definition) is 0. The summed E-state index contributed by atoms with van der Waals surface area (Å²) < 4.78 is 0. The van der Waals surface area contributed by atoms with Crippen molar-refractivity contribution in [2.75, 3.05) is 13.6 Å². The quantitative estimate of drug-likeness (QED) is 0.264. The van der Waals surface area contributed by atoms with E-state index in [1.165, 1.54) is 0 Å². The van der Waals surface area contributed by atoms with Crippen molar-refractivity contribution in [1.82, 2.24) is 4.90 Å². The van der Waals surface area contributed by atoms with Crippen LogP contribution in [-0.2, 0) is 9.59 Å². The molecule has 1 heterocycles. The van der Waals surface area contributed by atoms with E-state index in [9.17, 15) is 9.59 Å². The van der Waals surface area contributed by atoms with Crippen LogP contribution in [0.3, 0.4) is 0 Å². The highest BCUT2D eigenvalue weighted by Gasteiger charge is 2.49. The van der Waals surface area contributed by atoms with Crippen molar-refractivity contribution in [2.45, 2.75) is 5.54 Å². The summed E-state index contributed by atoms with van der Waals surface area (Å²) in [4.78, 5) is 21.8. The summed E-state index contributed by atoms with van der Waals surface area (Å²) in [5.41, 5.74) is -0.736. The standard InChI is InChI=1S/C5H7NO2/c1-6-2-5(6,3-7)4-8/h3-4H,2H2,1H3. The van der Waals surface area contributed by atoms with Gasteiger partial charge in [0.1, 0.15) is 18.1 Å². The average molecular weight is 113 g/mol. The second-order valence-corrected chi connectivity index (χ2v) is 2.08. The van der Waals surface area contributed by atoms with E-state index in [2.05, 4.69) is 0 Å². The first-order chi connectivity index (χ1) is 3.75. The zero-order chi connectivity index (χ0) is 6.20. The normalized spacial score (nSPS) is 31.4. The Hall–Kier alpha value is -0.700. The van der Waals surface area contributed by atoms with Crippen molar-refractivity contribution >= 4 is 12.6 Å². The van der Waals surface area contributed by atoms with E-state index in [4.69, 9.17) is 0 Å². The van der Waals surface area contributed by atoms with E-state index in [-0.39, 0.29) is 0 Å². The Kier molecular flexibility index (Phi) is 0.942. The molecule has 0 amide bonds. The topological polar surface area (TPSA) is 37.1 Å². The lowest BCUT2D eigenvalue weighted by molar-refractivity contribution is -0.118. The van der Waals surface area contributed by atoms with Crippen LogP contribution in [0.1, 0.15) is 0 Å². The number of likely N-dealkylation sites (N-methyl/N-ethyl adjacent to an activating group) is 1. The van der Waals surface area contributed by atoms with Gasteiger partial charge in [-0.25, -0.2) is 0 Å². The van der Waals surface area contributed by atoms with E-state index in [1.807, 2.05) is 0 Å². The number of aldehydes is 2. The molecule has 1 atom stereocenters. The smallest absolute Gasteiger partial charge is 0.148 e. The molecule has 3 nitrogen and oxygen atoms in total. The molecule has 0 spiro atoms. The van der Waals surface area contributed by atoms with Crippen molar-refractivity contribution in [3.05, 3.63) is 0 Å². The van der Waals surface area contributed by atoms with Crippen LogP contribution in [0.2, 0.25) is 0 Å². The largest absolute Gasteiger partial charge is 0.301 e. The minimum atomic E-state index is -0.736. The lowest BCUT2D eigenvalue weighted by Crippen LogP contribution is -2.19. The van der Waals surface area contributed by atoms with Gasteiger partial charge >= 0.3 is 0 Å². The third-order valence-corrected chi connectivity index (χ3v) is 1.51. The maximum atomic E-state index is 10.1. The number of hydrogen-bond acceptors (Lipinski definition) is 3. The molecule has 1 unspecified atom stereocenters. The van der Waals surface area contributed by atoms with Gasteiger partial charge in [-0.15, -0.1) is 0 Å². The van der Waals surface area contributed by atoms with Crippen molar-refractivity contribution in [1.29, 1.82) is 0 Å². The molecular weight excluding hydrogens is 106 g/mol. The molecule has 0 aromatic heterocycles. The lowest BCUT2D eigenvalue weighted by Gasteiger charge is -1.91. The van der Waals surface area contributed by atoms with E-state index in [0.717, 1.165) is 0 Å². The van der Waals surface area contributed by atoms with Crippen LogP contribution in [0.15, 0.2) is 0 Å². The van der Waals surface area contributed by atoms with Gasteiger partial charge in [0.25, 0.3) is 0 Å². The molecular formula is C5H7NO2. The van der Waals surface area contributed by atoms with E-state index in [1.54, 1.807) is 11.9 Å². The Balaban J connectivity index is 2.64. The van der Waals surface area contributed by atoms with Gasteiger partial charge < -0.3 is 9.59 Å². The number of nitrogens with zero attached hydrogens (tertiary/aromatic N) is 1. The second kappa shape index (κ2) is 1.39. The second-order valence-electron chi connectivity index (χ2n) is 2.08. The number of carbonyl (C=O) groups is 2. The van der Waals surface area contributed by atoms with Gasteiger partial charge in [-0.2, -0.15) is 0 Å². The summed E-state index contributed by atoms with van der Waals surface area (Å²) in [6.07, 6.45) is 1.36. The van der Waals surface area contributed by atoms with Crippen molar-refractivity contribution in [3.63, 3.8) is 0 Å². The molecule has 8 heavy (non-hydrogen) atoms. The van der Waals surface area contributed by atoms with Crippen LogP contribution >= 0.6 is 0 Å². The summed E-state index contributed by atoms with van der Waals surface area (Å²) in [6, 6.07) is 0. The van der Waals surface area contributed by atoms with Crippen molar-refractivity contribution in [3.8, 4) is 0 Å². The summed E-state index contributed by atoms with van der Waals surface area (Å²) in [6.45, 7) is 0.583. The highest BCUT2D eigenvalue weighted by atomic mass is 16.1. The van der Waals surface area contributed by atoms with E-state index < -0.39 is 5.54 Å². The van der Waals surface area contributed by atoms with Crippen molar-refractivity contribution in [2.24, 2.45) is 0 Å². The molecule has 0 radical (unpaired) electrons. The van der Waals surface area contributed by atoms with Gasteiger partial charge in [-0.1, -0.05) is 0 Å². The highest BCUT2D eigenvalue weighted by molar-refractivity contribution is 5.93. The Morgan fingerprint density at radius 3 is 1.88 bits per heavy atom. The molecule has 1 rings (SSSR count). The Labute approximate surface area is 47.3 Å². The molecule has 0 aliphatic carbocycles. The first kappa shape index (κ1) is 5.44. The Bertz CT molecular complexity index is 124. The molecule has 1 aliphatic heterocycles. The molecule has 3 heteroatoms. The zero-order valence-corrected chi connectivity index (χ0v) is 4.63. The Morgan fingerprint density at radius 2 is 1.88 bits per heavy atom. The fourth-order valence-corrected chi connectivity index (χ4v) is 0.627. The van der Waals surface area contributed by atoms with Gasteiger partial charge in [0.15, 0.2) is 0 Å². The molecule has 0 aromatic rings. The van der Waals surface area contributed by atoms with Gasteiger partial charge in [-0.3, -0.25) is 4.90 Å². The van der Waals surface area contributed by atoms with Gasteiger partial charge in [-0.05, 0) is 7.05 Å². The van der Waals surface area contributed by atoms with Crippen molar-refractivity contribution < 1.29 is 9.59 Å². The minimum Gasteiger partial charge on any atom is -0.301 e. The number of rotatable bonds is 2. The van der Waals surface area contributed by atoms with Gasteiger partial charge in [0.05, 0.1) is 0 Å². The predicted molar refractivity (Wildman–Crippen MR) is 27.5 cm³/mol. The number of carbonyl (C=O) groups excluding carboxylic acids is 2. The van der Waals surface area contributed by atoms with Crippen LogP contribution in [-0.4, -0.2) is 36.6 Å². The molecule has 0 bridgehead atoms. The monoisotopic (exact) mass is 113 g/mol. The molecule has 0 N–H and O–H groups in total. The summed E-state index contributed by atoms with van der Waals surface area (Å²) in [5, 5.41) is 0. The Morgan fingerprint density at radius 1 is 1.50 bits per heavy atom. The van der Waals surface area contributed by atoms with Gasteiger partial charge in [0.2, 0.25) is 0 Å². The highest BCUT2D eigenvalue weighted by Crippen LogP contribution is 2.23. The van der Waals surface area contributed by atoms with E-state index >= 15 is 0 Å². The predicted octanol–water partition coefficient (Wildman–Crippen LogP) is -0.932. The first-order valence-corrected chi connectivity index (χ1v) is 2.39. The zero-order valence-electron chi connectivity index (χ0n) is 4.63. The first-order valence-electron chi connectivity index (χ1n) is 2.39. The molecule has 0 aromatic carbocycles. The SMILES string of the molecule is CN1CC1(C=O)C=O. The van der Waals surface area contributed by atoms with E-state index in [0.29, 0.717) is 19.1 Å². The maximum absolute atomic E-state index is 10.1. The molecule has 44 valence electrons. The van der Waals surface area contributed by atoms with Crippen LogP contribution in [0.4, 0.5) is 0 Å². The minimum absolute atomic E-state index is 0.583. The molecule has 1 aliphatic rings. The molecule has 1 saturated heterocycles. The molecule has 1 fully saturated rings. The summed E-state index contributed by atoms with van der Waals surface area (Å²) in [7, 11) is 1.74. The van der Waals surface area contributed by atoms with Gasteiger partial charge in [0, 0.05) is 6.54 Å². The summed E-state index contributed by atoms with van der Waals surface area (Å²) in [5.74, 6) is 0. The third-order valence-electron chi connectivity index (χ3n) is 1.51. The van der Waals surface area contributed by atoms with Crippen LogP contribution < -0.4 is 0 Å². The fraction of sp³-hybridized carbons (Fsp3) is 0.600. The third kappa shape index (κ3) is 0.479. The van der Waals surface area contributed by atoms with Crippen LogP contribution in [0, 0.1) is 0 Å². The molecule has 0 saturated carbocycles. The fourth-order valence-electron chi connectivity index (χ4n) is 0.627. The maximum Gasteiger partial charge on any atom is 0.148 e. The lowest BCUT2D eigenvalue weighted by atomic mass is 10.2. The average Bonchev–Trinajstić information content (AvgIpc) is 2.43. The summed E-state index contributed by atoms with van der Waals surface area (Å²) >= 11 is 0. The van der Waals surface area contributed by atoms with Crippen LogP contribution in [0.25, 0.3) is 0 Å². The van der Waals surface area contributed by atoms with Crippen LogP contribution in [0.5, 0.6) is 0 Å².